The van der Waals surface area contributed by atoms with Gasteiger partial charge in [0, 0.05) is 10.4 Å². The van der Waals surface area contributed by atoms with Gasteiger partial charge in [-0.3, -0.25) is 0 Å². The van der Waals surface area contributed by atoms with Crippen LogP contribution < -0.4 is 0 Å². The summed E-state index contributed by atoms with van der Waals surface area (Å²) in [6.07, 6.45) is 0. The highest BCUT2D eigenvalue weighted by atomic mass is 32.1. The summed E-state index contributed by atoms with van der Waals surface area (Å²) < 4.78 is 12.9. The van der Waals surface area contributed by atoms with E-state index in [0.717, 1.165) is 21.1 Å². The van der Waals surface area contributed by atoms with Gasteiger partial charge in [0.1, 0.15) is 10.8 Å². The molecule has 0 saturated carbocycles. The Kier molecular flexibility index (Phi) is 2.97. The van der Waals surface area contributed by atoms with E-state index in [1.165, 1.54) is 17.0 Å². The van der Waals surface area contributed by atoms with Crippen LogP contribution in [0.25, 0.3) is 21.1 Å². The van der Waals surface area contributed by atoms with Crippen LogP contribution in [0.15, 0.2) is 41.8 Å². The maximum atomic E-state index is 12.9. The Labute approximate surface area is 113 Å². The lowest BCUT2D eigenvalue weighted by molar-refractivity contribution is 0.628. The normalized spacial score (nSPS) is 10.8. The number of aromatic nitrogens is 1. The fourth-order valence-electron chi connectivity index (χ4n) is 1.78. The van der Waals surface area contributed by atoms with Crippen molar-refractivity contribution in [3.8, 4) is 21.1 Å². The van der Waals surface area contributed by atoms with Gasteiger partial charge in [0.15, 0.2) is 0 Å². The molecular formula is C14H10FNS2. The summed E-state index contributed by atoms with van der Waals surface area (Å²) in [5.41, 5.74) is 1.91. The van der Waals surface area contributed by atoms with Crippen LogP contribution in [0.1, 0.15) is 4.88 Å². The van der Waals surface area contributed by atoms with Crippen LogP contribution in [0, 0.1) is 12.7 Å². The monoisotopic (exact) mass is 275 g/mol. The van der Waals surface area contributed by atoms with Crippen molar-refractivity contribution in [2.24, 2.45) is 0 Å². The second-order valence-electron chi connectivity index (χ2n) is 3.91. The van der Waals surface area contributed by atoms with E-state index >= 15 is 0 Å². The van der Waals surface area contributed by atoms with Crippen molar-refractivity contribution >= 4 is 22.7 Å². The summed E-state index contributed by atoms with van der Waals surface area (Å²) in [4.78, 5) is 6.99. The number of thiazole rings is 1. The molecule has 0 amide bonds. The quantitative estimate of drug-likeness (QED) is 0.642. The highest BCUT2D eigenvalue weighted by molar-refractivity contribution is 7.21. The van der Waals surface area contributed by atoms with Crippen molar-refractivity contribution in [2.75, 3.05) is 0 Å². The third kappa shape index (κ3) is 2.09. The molecule has 0 N–H and O–H groups in total. The molecule has 0 fully saturated rings. The number of benzene rings is 1. The van der Waals surface area contributed by atoms with E-state index in [-0.39, 0.29) is 5.82 Å². The number of aryl methyl sites for hydroxylation is 1. The van der Waals surface area contributed by atoms with Crippen molar-refractivity contribution in [3.63, 3.8) is 0 Å². The van der Waals surface area contributed by atoms with Gasteiger partial charge in [-0.1, -0.05) is 6.07 Å². The Morgan fingerprint density at radius 1 is 1.11 bits per heavy atom. The van der Waals surface area contributed by atoms with E-state index in [4.69, 9.17) is 0 Å². The average molecular weight is 275 g/mol. The van der Waals surface area contributed by atoms with E-state index in [9.17, 15) is 4.39 Å². The first kappa shape index (κ1) is 11.6. The fourth-order valence-corrected chi connectivity index (χ4v) is 3.51. The molecule has 0 aliphatic heterocycles. The predicted octanol–water partition coefficient (Wildman–Crippen LogP) is 4.99. The van der Waals surface area contributed by atoms with Gasteiger partial charge in [0.25, 0.3) is 0 Å². The van der Waals surface area contributed by atoms with Crippen molar-refractivity contribution in [1.29, 1.82) is 0 Å². The zero-order valence-electron chi connectivity index (χ0n) is 9.68. The Bertz CT molecular complexity index is 654. The summed E-state index contributed by atoms with van der Waals surface area (Å²) in [5.74, 6) is -0.217. The van der Waals surface area contributed by atoms with E-state index in [1.54, 1.807) is 34.8 Å². The van der Waals surface area contributed by atoms with Crippen LogP contribution in [0.3, 0.4) is 0 Å². The molecule has 18 heavy (non-hydrogen) atoms. The number of nitrogens with zero attached hydrogens (tertiary/aromatic N) is 1. The van der Waals surface area contributed by atoms with Gasteiger partial charge in [-0.25, -0.2) is 9.37 Å². The highest BCUT2D eigenvalue weighted by Crippen LogP contribution is 2.35. The van der Waals surface area contributed by atoms with Crippen LogP contribution >= 0.6 is 22.7 Å². The Morgan fingerprint density at radius 2 is 1.89 bits per heavy atom. The number of rotatable bonds is 2. The Balaban J connectivity index is 2.06. The lowest BCUT2D eigenvalue weighted by Gasteiger charge is -1.97. The molecule has 3 rings (SSSR count). The van der Waals surface area contributed by atoms with Crippen LogP contribution in [-0.2, 0) is 0 Å². The molecule has 4 heteroatoms. The lowest BCUT2D eigenvalue weighted by atomic mass is 10.1. The van der Waals surface area contributed by atoms with Gasteiger partial charge < -0.3 is 0 Å². The minimum Gasteiger partial charge on any atom is -0.235 e. The first-order valence-corrected chi connectivity index (χ1v) is 7.21. The maximum absolute atomic E-state index is 12.9. The van der Waals surface area contributed by atoms with E-state index in [2.05, 4.69) is 11.1 Å². The molecule has 0 bridgehead atoms. The maximum Gasteiger partial charge on any atom is 0.134 e. The molecule has 0 unspecified atom stereocenters. The fraction of sp³-hybridized carbons (Fsp3) is 0.0714. The number of hydrogen-bond donors (Lipinski definition) is 0. The van der Waals surface area contributed by atoms with Crippen LogP contribution in [0.4, 0.5) is 4.39 Å². The van der Waals surface area contributed by atoms with Crippen molar-refractivity contribution in [3.05, 3.63) is 52.5 Å². The predicted molar refractivity (Wildman–Crippen MR) is 75.6 cm³/mol. The van der Waals surface area contributed by atoms with Gasteiger partial charge in [0.2, 0.25) is 0 Å². The molecule has 0 spiro atoms. The first-order chi connectivity index (χ1) is 8.74. The molecule has 0 radical (unpaired) electrons. The minimum atomic E-state index is -0.217. The van der Waals surface area contributed by atoms with Crippen LogP contribution in [0.5, 0.6) is 0 Å². The summed E-state index contributed by atoms with van der Waals surface area (Å²) >= 11 is 3.36. The lowest BCUT2D eigenvalue weighted by Crippen LogP contribution is -1.81. The zero-order chi connectivity index (χ0) is 12.5. The molecular weight excluding hydrogens is 265 g/mol. The highest BCUT2D eigenvalue weighted by Gasteiger charge is 2.11. The summed E-state index contributed by atoms with van der Waals surface area (Å²) in [6, 6.07) is 10.6. The van der Waals surface area contributed by atoms with Gasteiger partial charge in [-0.15, -0.1) is 22.7 Å². The van der Waals surface area contributed by atoms with Gasteiger partial charge in [0.05, 0.1) is 10.6 Å². The summed E-state index contributed by atoms with van der Waals surface area (Å²) in [6.45, 7) is 2.05. The molecule has 0 aliphatic carbocycles. The standard InChI is InChI=1S/C14H10FNS2/c1-9-13(10-4-6-11(15)7-5-10)16-14(18-9)12-3-2-8-17-12/h2-8H,1H3. The van der Waals surface area contributed by atoms with Gasteiger partial charge in [-0.05, 0) is 42.6 Å². The molecule has 90 valence electrons. The van der Waals surface area contributed by atoms with Crippen molar-refractivity contribution in [1.82, 2.24) is 4.98 Å². The van der Waals surface area contributed by atoms with Crippen molar-refractivity contribution < 1.29 is 4.39 Å². The smallest absolute Gasteiger partial charge is 0.134 e. The third-order valence-electron chi connectivity index (χ3n) is 2.65. The van der Waals surface area contributed by atoms with Crippen LogP contribution in [0.2, 0.25) is 0 Å². The minimum absolute atomic E-state index is 0.217. The Hall–Kier alpha value is -1.52. The van der Waals surface area contributed by atoms with Gasteiger partial charge in [-0.2, -0.15) is 0 Å². The molecule has 2 heterocycles. The number of thiophene rings is 1. The number of halogens is 1. The molecule has 0 atom stereocenters. The molecule has 1 nitrogen and oxygen atoms in total. The molecule has 0 aliphatic rings. The van der Waals surface area contributed by atoms with E-state index < -0.39 is 0 Å². The SMILES string of the molecule is Cc1sc(-c2cccs2)nc1-c1ccc(F)cc1. The number of hydrogen-bond acceptors (Lipinski definition) is 3. The topological polar surface area (TPSA) is 12.9 Å². The second kappa shape index (κ2) is 4.63. The molecule has 3 aromatic rings. The summed E-state index contributed by atoms with van der Waals surface area (Å²) in [5, 5.41) is 3.07. The van der Waals surface area contributed by atoms with Crippen molar-refractivity contribution in [2.45, 2.75) is 6.92 Å². The molecule has 2 aromatic heterocycles. The van der Waals surface area contributed by atoms with Crippen LogP contribution in [-0.4, -0.2) is 4.98 Å². The van der Waals surface area contributed by atoms with Gasteiger partial charge >= 0.3 is 0 Å². The van der Waals surface area contributed by atoms with E-state index in [1.807, 2.05) is 18.4 Å². The Morgan fingerprint density at radius 3 is 2.56 bits per heavy atom. The zero-order valence-corrected chi connectivity index (χ0v) is 11.3. The molecule has 1 aromatic carbocycles. The molecule has 0 saturated heterocycles. The average Bonchev–Trinajstić information content (AvgIpc) is 2.99. The van der Waals surface area contributed by atoms with E-state index in [0.29, 0.717) is 0 Å². The third-order valence-corrected chi connectivity index (χ3v) is 4.66. The largest absolute Gasteiger partial charge is 0.235 e. The summed E-state index contributed by atoms with van der Waals surface area (Å²) in [7, 11) is 0. The second-order valence-corrected chi connectivity index (χ2v) is 6.06. The first-order valence-electron chi connectivity index (χ1n) is 5.51.